The third-order valence-corrected chi connectivity index (χ3v) is 5.37. The molecule has 0 aliphatic rings. The van der Waals surface area contributed by atoms with Crippen LogP contribution in [0.1, 0.15) is 18.4 Å². The first kappa shape index (κ1) is 26.6. The molecule has 0 saturated heterocycles. The Morgan fingerprint density at radius 1 is 0.889 bits per heavy atom. The van der Waals surface area contributed by atoms with E-state index in [9.17, 15) is 22.8 Å². The van der Waals surface area contributed by atoms with Gasteiger partial charge in [0.25, 0.3) is 0 Å². The molecule has 0 aliphatic heterocycles. The molecule has 0 heterocycles. The van der Waals surface area contributed by atoms with Crippen LogP contribution in [0.4, 0.5) is 18.9 Å². The summed E-state index contributed by atoms with van der Waals surface area (Å²) in [6.07, 6.45) is -2.21. The molecular formula is C27H26F3NO5. The minimum absolute atomic E-state index is 0.321. The summed E-state index contributed by atoms with van der Waals surface area (Å²) in [5, 5.41) is 0. The summed E-state index contributed by atoms with van der Waals surface area (Å²) >= 11 is 0. The van der Waals surface area contributed by atoms with Crippen molar-refractivity contribution in [2.75, 3.05) is 25.7 Å². The molecule has 36 heavy (non-hydrogen) atoms. The van der Waals surface area contributed by atoms with E-state index in [-0.39, 0.29) is 5.75 Å². The summed E-state index contributed by atoms with van der Waals surface area (Å²) in [6, 6.07) is 20.4. The maximum absolute atomic E-state index is 12.5. The van der Waals surface area contributed by atoms with Crippen LogP contribution in [-0.4, -0.2) is 39.0 Å². The van der Waals surface area contributed by atoms with Gasteiger partial charge >= 0.3 is 18.2 Å². The van der Waals surface area contributed by atoms with Crippen molar-refractivity contribution in [2.45, 2.75) is 25.6 Å². The van der Waals surface area contributed by atoms with E-state index in [4.69, 9.17) is 4.74 Å². The molecule has 0 N–H and O–H groups in total. The number of alkyl halides is 3. The zero-order chi connectivity index (χ0) is 26.1. The van der Waals surface area contributed by atoms with E-state index in [1.165, 1.54) is 36.9 Å². The molecular weight excluding hydrogens is 475 g/mol. The number of unbranched alkanes of at least 4 members (excludes halogenated alkanes) is 1. The molecule has 0 bridgehead atoms. The van der Waals surface area contributed by atoms with Crippen molar-refractivity contribution in [3.8, 4) is 22.6 Å². The van der Waals surface area contributed by atoms with Gasteiger partial charge in [-0.15, -0.1) is 13.2 Å². The standard InChI is InChI=1S/C27H26F3NO5/c1-31(25(32)26(33)34-2)23-18-21(20-11-14-22(15-12-20)36-27(28,29)30)13-16-24(23)35-17-7-6-10-19-8-4-3-5-9-19/h3-5,8-9,11-16,18H,6-7,10,17H2,1-2H3. The van der Waals surface area contributed by atoms with Crippen LogP contribution in [0.15, 0.2) is 72.8 Å². The van der Waals surface area contributed by atoms with Crippen LogP contribution in [-0.2, 0) is 20.7 Å². The van der Waals surface area contributed by atoms with Crippen LogP contribution in [0.5, 0.6) is 11.5 Å². The summed E-state index contributed by atoms with van der Waals surface area (Å²) < 4.78 is 51.7. The topological polar surface area (TPSA) is 65.1 Å². The fourth-order valence-electron chi connectivity index (χ4n) is 3.52. The first-order valence-electron chi connectivity index (χ1n) is 11.2. The largest absolute Gasteiger partial charge is 0.573 e. The Morgan fingerprint density at radius 3 is 2.19 bits per heavy atom. The molecule has 0 atom stereocenters. The van der Waals surface area contributed by atoms with E-state index in [1.807, 2.05) is 18.2 Å². The molecule has 0 fully saturated rings. The number of carbonyl (C=O) groups is 2. The van der Waals surface area contributed by atoms with Crippen molar-refractivity contribution in [1.82, 2.24) is 0 Å². The van der Waals surface area contributed by atoms with Crippen LogP contribution in [0.25, 0.3) is 11.1 Å². The average Bonchev–Trinajstić information content (AvgIpc) is 2.87. The lowest BCUT2D eigenvalue weighted by Gasteiger charge is -2.21. The number of rotatable bonds is 9. The fourth-order valence-corrected chi connectivity index (χ4v) is 3.52. The second kappa shape index (κ2) is 12.1. The van der Waals surface area contributed by atoms with Gasteiger partial charge in [0, 0.05) is 7.05 Å². The van der Waals surface area contributed by atoms with E-state index in [0.717, 1.165) is 31.3 Å². The van der Waals surface area contributed by atoms with Gasteiger partial charge in [-0.3, -0.25) is 4.79 Å². The first-order chi connectivity index (χ1) is 17.2. The molecule has 9 heteroatoms. The number of nitrogens with zero attached hydrogens (tertiary/aromatic N) is 1. The van der Waals surface area contributed by atoms with E-state index in [0.29, 0.717) is 29.2 Å². The molecule has 3 aromatic rings. The zero-order valence-electron chi connectivity index (χ0n) is 19.9. The second-order valence-electron chi connectivity index (χ2n) is 7.90. The highest BCUT2D eigenvalue weighted by Gasteiger charge is 2.31. The maximum Gasteiger partial charge on any atom is 0.573 e. The molecule has 3 aromatic carbocycles. The highest BCUT2D eigenvalue weighted by atomic mass is 19.4. The molecule has 0 saturated carbocycles. The molecule has 190 valence electrons. The quantitative estimate of drug-likeness (QED) is 0.211. The van der Waals surface area contributed by atoms with Gasteiger partial charge in [-0.25, -0.2) is 4.79 Å². The van der Waals surface area contributed by atoms with Crippen LogP contribution in [0.3, 0.4) is 0 Å². The molecule has 0 radical (unpaired) electrons. The normalized spacial score (nSPS) is 11.0. The van der Waals surface area contributed by atoms with Crippen molar-refractivity contribution in [2.24, 2.45) is 0 Å². The predicted molar refractivity (Wildman–Crippen MR) is 129 cm³/mol. The number of halogens is 3. The highest BCUT2D eigenvalue weighted by molar-refractivity contribution is 6.38. The number of benzene rings is 3. The minimum atomic E-state index is -4.79. The number of likely N-dealkylation sites (N-methyl/N-ethyl adjacent to an activating group) is 1. The van der Waals surface area contributed by atoms with Gasteiger partial charge < -0.3 is 19.1 Å². The summed E-state index contributed by atoms with van der Waals surface area (Å²) in [4.78, 5) is 25.4. The van der Waals surface area contributed by atoms with Crippen LogP contribution < -0.4 is 14.4 Å². The number of anilines is 1. The monoisotopic (exact) mass is 501 g/mol. The summed E-state index contributed by atoms with van der Waals surface area (Å²) in [5.74, 6) is -1.89. The lowest BCUT2D eigenvalue weighted by Crippen LogP contribution is -2.34. The molecule has 1 amide bonds. The summed E-state index contributed by atoms with van der Waals surface area (Å²) in [6.45, 7) is 0.392. The van der Waals surface area contributed by atoms with Gasteiger partial charge in [0.15, 0.2) is 0 Å². The van der Waals surface area contributed by atoms with E-state index < -0.39 is 18.2 Å². The Hall–Kier alpha value is -4.01. The van der Waals surface area contributed by atoms with Crippen LogP contribution in [0.2, 0.25) is 0 Å². The Balaban J connectivity index is 1.76. The lowest BCUT2D eigenvalue weighted by atomic mass is 10.0. The Morgan fingerprint density at radius 2 is 1.56 bits per heavy atom. The highest BCUT2D eigenvalue weighted by Crippen LogP contribution is 2.34. The number of methoxy groups -OCH3 is 1. The predicted octanol–water partition coefficient (Wildman–Crippen LogP) is 5.79. The molecule has 3 rings (SSSR count). The number of carbonyl (C=O) groups excluding carboxylic acids is 2. The number of ether oxygens (including phenoxy) is 3. The minimum Gasteiger partial charge on any atom is -0.491 e. The number of amides is 1. The third kappa shape index (κ3) is 7.49. The molecule has 0 aliphatic carbocycles. The van der Waals surface area contributed by atoms with Crippen LogP contribution in [0, 0.1) is 0 Å². The average molecular weight is 502 g/mol. The van der Waals surface area contributed by atoms with E-state index >= 15 is 0 Å². The van der Waals surface area contributed by atoms with E-state index in [2.05, 4.69) is 21.6 Å². The second-order valence-corrected chi connectivity index (χ2v) is 7.90. The van der Waals surface area contributed by atoms with Gasteiger partial charge in [0.1, 0.15) is 11.5 Å². The molecule has 0 aromatic heterocycles. The Labute approximate surface area is 207 Å². The van der Waals surface area contributed by atoms with Gasteiger partial charge in [0.05, 0.1) is 19.4 Å². The van der Waals surface area contributed by atoms with Crippen LogP contribution >= 0.6 is 0 Å². The van der Waals surface area contributed by atoms with Crippen molar-refractivity contribution >= 4 is 17.6 Å². The third-order valence-electron chi connectivity index (χ3n) is 5.37. The summed E-state index contributed by atoms with van der Waals surface area (Å²) in [5.41, 5.74) is 2.74. The van der Waals surface area contributed by atoms with Crippen molar-refractivity contribution in [3.05, 3.63) is 78.4 Å². The van der Waals surface area contributed by atoms with E-state index in [1.54, 1.807) is 18.2 Å². The first-order valence-corrected chi connectivity index (χ1v) is 11.2. The van der Waals surface area contributed by atoms with Crippen molar-refractivity contribution < 1.29 is 37.0 Å². The Bertz CT molecular complexity index is 1160. The van der Waals surface area contributed by atoms with Gasteiger partial charge in [-0.2, -0.15) is 0 Å². The van der Waals surface area contributed by atoms with Crippen molar-refractivity contribution in [3.63, 3.8) is 0 Å². The van der Waals surface area contributed by atoms with Crippen molar-refractivity contribution in [1.29, 1.82) is 0 Å². The summed E-state index contributed by atoms with van der Waals surface area (Å²) in [7, 11) is 2.53. The number of esters is 1. The lowest BCUT2D eigenvalue weighted by molar-refractivity contribution is -0.274. The zero-order valence-corrected chi connectivity index (χ0v) is 19.9. The smallest absolute Gasteiger partial charge is 0.491 e. The molecule has 0 unspecified atom stereocenters. The van der Waals surface area contributed by atoms with Gasteiger partial charge in [-0.1, -0.05) is 48.5 Å². The van der Waals surface area contributed by atoms with Gasteiger partial charge in [0.2, 0.25) is 0 Å². The van der Waals surface area contributed by atoms with Gasteiger partial charge in [-0.05, 0) is 60.2 Å². The number of aryl methyl sites for hydroxylation is 1. The molecule has 6 nitrogen and oxygen atoms in total. The number of hydrogen-bond donors (Lipinski definition) is 0. The SMILES string of the molecule is COC(=O)C(=O)N(C)c1cc(-c2ccc(OC(F)(F)F)cc2)ccc1OCCCCc1ccccc1. The molecule has 0 spiro atoms. The maximum atomic E-state index is 12.5. The fraction of sp³-hybridized carbons (Fsp3) is 0.259. The Kier molecular flexibility index (Phi) is 8.94. The number of hydrogen-bond acceptors (Lipinski definition) is 5.